The zero-order chi connectivity index (χ0) is 58.0. The second kappa shape index (κ2) is 23.6. The van der Waals surface area contributed by atoms with Crippen molar-refractivity contribution >= 4 is 70.5 Å². The van der Waals surface area contributed by atoms with Gasteiger partial charge in [-0.25, -0.2) is 4.79 Å². The lowest BCUT2D eigenvalue weighted by Crippen LogP contribution is -2.58. The predicted molar refractivity (Wildman–Crippen MR) is 284 cm³/mol. The van der Waals surface area contributed by atoms with Gasteiger partial charge in [0.1, 0.15) is 65.1 Å². The molecule has 0 saturated heterocycles. The van der Waals surface area contributed by atoms with Gasteiger partial charge in [0, 0.05) is 29.2 Å². The number of nitrogens with one attached hydrogen (secondary N) is 7. The molecule has 1 unspecified atom stereocenters. The lowest BCUT2D eigenvalue weighted by Gasteiger charge is -2.31. The fourth-order valence-corrected chi connectivity index (χ4v) is 9.97. The first kappa shape index (κ1) is 57.3. The number of aliphatic hydroxyl groups is 1. The summed E-state index contributed by atoms with van der Waals surface area (Å²) < 4.78 is 18.6. The van der Waals surface area contributed by atoms with Crippen molar-refractivity contribution in [1.82, 2.24) is 37.2 Å². The Labute approximate surface area is 465 Å². The van der Waals surface area contributed by atoms with Crippen LogP contribution in [-0.2, 0) is 44.8 Å². The van der Waals surface area contributed by atoms with Crippen LogP contribution in [0.15, 0.2) is 78.9 Å². The molecular formula is C54H54Cl2N8O16. The fraction of sp³-hybridized carbons (Fsp3) is 0.296. The van der Waals surface area contributed by atoms with E-state index in [1.165, 1.54) is 49.6 Å². The number of rotatable bonds is 9. The highest BCUT2D eigenvalue weighted by molar-refractivity contribution is 6.32. The van der Waals surface area contributed by atoms with Gasteiger partial charge in [0.05, 0.1) is 29.6 Å². The maximum Gasteiger partial charge on any atom is 0.330 e. The SMILES string of the molecule is CN[C@H](CC(C)C)C(=O)N[C@@H]1Cc2ccc(c(Cl)c2)Oc2cc3cc(c2OC)Oc2ccc(cc2Cl)[C@@H](O)[C@H]2NC(=O)C(NC(=O)[C@@H]3NC(=O)[C@H](CC(N)=O)NC1=O)c1ccc(O)c(c1)-c1c(O)cc(O)cc1[C@@H](C(=O)O)NC2=O. The zero-order valence-electron chi connectivity index (χ0n) is 42.9. The van der Waals surface area contributed by atoms with Crippen LogP contribution in [0.25, 0.3) is 11.1 Å². The van der Waals surface area contributed by atoms with E-state index in [0.29, 0.717) is 12.0 Å². The number of aliphatic carboxylic acids is 1. The van der Waals surface area contributed by atoms with Crippen molar-refractivity contribution in [2.75, 3.05) is 14.2 Å². The highest BCUT2D eigenvalue weighted by Crippen LogP contribution is 2.48. The minimum absolute atomic E-state index is 0.0182. The van der Waals surface area contributed by atoms with Crippen LogP contribution in [0, 0.1) is 5.92 Å². The van der Waals surface area contributed by atoms with Gasteiger partial charge < -0.3 is 82.7 Å². The van der Waals surface area contributed by atoms with E-state index in [-0.39, 0.29) is 73.4 Å². The van der Waals surface area contributed by atoms with Crippen LogP contribution in [0.3, 0.4) is 0 Å². The molecule has 14 N–H and O–H groups in total. The highest BCUT2D eigenvalue weighted by Gasteiger charge is 2.41. The number of carboxylic acid groups (broad SMARTS) is 1. The normalized spacial score (nSPS) is 21.4. The number of carboxylic acids is 1. The number of fused-ring (bicyclic) bond motifs is 15. The Hall–Kier alpha value is -8.84. The summed E-state index contributed by atoms with van der Waals surface area (Å²) in [7, 11) is 2.82. The summed E-state index contributed by atoms with van der Waals surface area (Å²) in [4.78, 5) is 114. The number of likely N-dealkylation sites (N-methyl/N-ethyl adjacent to an activating group) is 1. The summed E-state index contributed by atoms with van der Waals surface area (Å²) >= 11 is 13.7. The first-order chi connectivity index (χ1) is 37.9. The van der Waals surface area contributed by atoms with Crippen LogP contribution < -0.4 is 57.2 Å². The third kappa shape index (κ3) is 12.2. The lowest BCUT2D eigenvalue weighted by molar-refractivity contribution is -0.143. The van der Waals surface area contributed by atoms with Gasteiger partial charge in [-0.2, -0.15) is 0 Å². The summed E-state index contributed by atoms with van der Waals surface area (Å²) in [5.41, 5.74) is 4.15. The Kier molecular flexibility index (Phi) is 16.9. The molecule has 26 heteroatoms. The Morgan fingerprint density at radius 1 is 0.725 bits per heavy atom. The Bertz CT molecular complexity index is 3360. The molecule has 0 aromatic heterocycles. The third-order valence-electron chi connectivity index (χ3n) is 13.4. The van der Waals surface area contributed by atoms with Gasteiger partial charge in [0.25, 0.3) is 0 Å². The smallest absolute Gasteiger partial charge is 0.330 e. The quantitative estimate of drug-likeness (QED) is 0.101. The van der Waals surface area contributed by atoms with Crippen molar-refractivity contribution in [3.63, 3.8) is 0 Å². The molecule has 7 amide bonds. The summed E-state index contributed by atoms with van der Waals surface area (Å²) in [6.07, 6.45) is -2.81. The number of methoxy groups -OCH3 is 1. The lowest BCUT2D eigenvalue weighted by atomic mass is 9.89. The van der Waals surface area contributed by atoms with Gasteiger partial charge in [-0.15, -0.1) is 0 Å². The molecule has 420 valence electrons. The van der Waals surface area contributed by atoms with E-state index in [2.05, 4.69) is 37.2 Å². The van der Waals surface area contributed by atoms with Gasteiger partial charge in [0.15, 0.2) is 17.5 Å². The summed E-state index contributed by atoms with van der Waals surface area (Å²) in [6, 6.07) is 3.15. The molecule has 0 fully saturated rings. The number of carbonyl (C=O) groups is 8. The number of ether oxygens (including phenoxy) is 3. The Morgan fingerprint density at radius 3 is 1.96 bits per heavy atom. The highest BCUT2D eigenvalue weighted by atomic mass is 35.5. The number of carbonyl (C=O) groups excluding carboxylic acids is 7. The van der Waals surface area contributed by atoms with E-state index in [1.54, 1.807) is 13.1 Å². The van der Waals surface area contributed by atoms with E-state index in [0.717, 1.165) is 30.3 Å². The molecule has 0 saturated carbocycles. The Balaban J connectivity index is 1.36. The minimum atomic E-state index is -2.15. The largest absolute Gasteiger partial charge is 0.508 e. The number of halogens is 2. The van der Waals surface area contributed by atoms with Gasteiger partial charge >= 0.3 is 5.97 Å². The molecule has 11 bridgehead atoms. The molecule has 8 atom stereocenters. The maximum absolute atomic E-state index is 15.5. The second-order valence-electron chi connectivity index (χ2n) is 19.5. The summed E-state index contributed by atoms with van der Waals surface area (Å²) in [5, 5.41) is 73.5. The van der Waals surface area contributed by atoms with E-state index in [9.17, 15) is 54.3 Å². The first-order valence-corrected chi connectivity index (χ1v) is 25.4. The van der Waals surface area contributed by atoms with Crippen molar-refractivity contribution < 1.29 is 78.1 Å². The standard InChI is InChI=1S/C54H54Cl2N8O16/c1-21(2)11-31(58-3)48(70)59-32-13-22-5-9-36(29(55)12-22)79-38-16-25-17-39(47(38)78-4)80-37-10-7-24(15-30(37)56)46(69)45-53(75)63-44(54(76)77)28-18-26(65)19-35(67)41(28)27-14-23(6-8-34(27)66)42(51(73)64-45)62-52(74)43(25)61-50(72)33(20-40(57)68)60-49(32)71/h5-10,12,14-19,21,31-33,42-46,58,65-67,69H,11,13,20H2,1-4H3,(H2,57,68)(H,59,70)(H,60,71)(H,61,72)(H,62,74)(H,63,75)(H,64,73)(H,76,77)/t31-,32-,33+,42?,43-,44+,45-,46-/m1/s1. The van der Waals surface area contributed by atoms with Crippen LogP contribution in [-0.4, -0.2) is 111 Å². The number of aromatic hydroxyl groups is 3. The topological polar surface area (TPSA) is 376 Å². The van der Waals surface area contributed by atoms with Crippen molar-refractivity contribution in [2.24, 2.45) is 11.7 Å². The van der Waals surface area contributed by atoms with Crippen molar-refractivity contribution in [3.05, 3.63) is 117 Å². The number of phenols is 3. The molecule has 5 aromatic rings. The molecule has 0 radical (unpaired) electrons. The average Bonchev–Trinajstić information content (AvgIpc) is 3.52. The van der Waals surface area contributed by atoms with Crippen LogP contribution in [0.1, 0.15) is 78.7 Å². The summed E-state index contributed by atoms with van der Waals surface area (Å²) in [5.74, 6) is -12.4. The number of hydrogen-bond donors (Lipinski definition) is 13. The molecule has 5 aliphatic rings. The third-order valence-corrected chi connectivity index (χ3v) is 14.0. The number of amides is 7. The average molecular weight is 1140 g/mol. The number of nitrogens with two attached hydrogens (primary N) is 1. The fourth-order valence-electron chi connectivity index (χ4n) is 9.50. The molecule has 0 spiro atoms. The molecule has 10 rings (SSSR count). The maximum atomic E-state index is 15.5. The number of primary amides is 1. The zero-order valence-corrected chi connectivity index (χ0v) is 44.4. The second-order valence-corrected chi connectivity index (χ2v) is 20.3. The number of hydrogen-bond acceptors (Lipinski definition) is 16. The van der Waals surface area contributed by atoms with E-state index < -0.39 is 131 Å². The number of benzene rings is 5. The number of phenolic OH excluding ortho intramolecular Hbond substituents is 3. The van der Waals surface area contributed by atoms with Crippen LogP contribution >= 0.6 is 23.2 Å². The predicted octanol–water partition coefficient (Wildman–Crippen LogP) is 3.21. The van der Waals surface area contributed by atoms with E-state index in [4.69, 9.17) is 43.1 Å². The van der Waals surface area contributed by atoms with Gasteiger partial charge in [-0.1, -0.05) is 55.2 Å². The molecule has 5 aromatic carbocycles. The van der Waals surface area contributed by atoms with Crippen molar-refractivity contribution in [3.8, 4) is 57.1 Å². The monoisotopic (exact) mass is 1140 g/mol. The molecule has 24 nitrogen and oxygen atoms in total. The number of aliphatic hydroxyl groups excluding tert-OH is 1. The van der Waals surface area contributed by atoms with E-state index in [1.807, 2.05) is 13.8 Å². The van der Waals surface area contributed by atoms with E-state index >= 15 is 9.59 Å². The molecule has 80 heavy (non-hydrogen) atoms. The van der Waals surface area contributed by atoms with Crippen LogP contribution in [0.5, 0.6) is 46.0 Å². The molecule has 5 aliphatic heterocycles. The van der Waals surface area contributed by atoms with Crippen LogP contribution in [0.2, 0.25) is 10.0 Å². The van der Waals surface area contributed by atoms with Gasteiger partial charge in [-0.05, 0) is 96.2 Å². The molecule has 5 heterocycles. The van der Waals surface area contributed by atoms with Crippen molar-refractivity contribution in [1.29, 1.82) is 0 Å². The summed E-state index contributed by atoms with van der Waals surface area (Å²) in [6.45, 7) is 3.79. The minimum Gasteiger partial charge on any atom is -0.508 e. The van der Waals surface area contributed by atoms with Crippen molar-refractivity contribution in [2.45, 2.75) is 81.5 Å². The molecular weight excluding hydrogens is 1090 g/mol. The first-order valence-electron chi connectivity index (χ1n) is 24.7. The molecule has 0 aliphatic carbocycles. The van der Waals surface area contributed by atoms with Gasteiger partial charge in [0.2, 0.25) is 47.1 Å². The Morgan fingerprint density at radius 2 is 1.35 bits per heavy atom. The van der Waals surface area contributed by atoms with Gasteiger partial charge in [-0.3, -0.25) is 33.6 Å². The van der Waals surface area contributed by atoms with Crippen LogP contribution in [0.4, 0.5) is 0 Å².